The monoisotopic (exact) mass is 535 g/mol. The van der Waals surface area contributed by atoms with Gasteiger partial charge in [-0.2, -0.15) is 9.30 Å². The molecule has 0 saturated heterocycles. The second kappa shape index (κ2) is 10.3. The molecule has 0 fully saturated rings. The summed E-state index contributed by atoms with van der Waals surface area (Å²) in [5.74, 6) is 0.832. The third kappa shape index (κ3) is 4.95. The molecule has 5 rings (SSSR count). The molecule has 1 amide bonds. The Morgan fingerprint density at radius 1 is 1.11 bits per heavy atom. The maximum atomic E-state index is 13.2. The number of fused-ring (bicyclic) bond motifs is 2. The second-order valence-corrected chi connectivity index (χ2v) is 11.3. The predicted octanol–water partition coefficient (Wildman–Crippen LogP) is 4.57. The van der Waals surface area contributed by atoms with Crippen molar-refractivity contribution < 1.29 is 22.7 Å². The Labute approximate surface area is 218 Å². The van der Waals surface area contributed by atoms with Crippen molar-refractivity contribution in [3.05, 3.63) is 95.3 Å². The maximum absolute atomic E-state index is 13.2. The van der Waals surface area contributed by atoms with Gasteiger partial charge in [0.25, 0.3) is 5.91 Å². The minimum absolute atomic E-state index is 0.125. The molecule has 2 heterocycles. The van der Waals surface area contributed by atoms with E-state index in [4.69, 9.17) is 9.47 Å². The molecule has 37 heavy (non-hydrogen) atoms. The van der Waals surface area contributed by atoms with Crippen LogP contribution in [-0.2, 0) is 23.1 Å². The Morgan fingerprint density at radius 2 is 1.81 bits per heavy atom. The molecule has 0 atom stereocenters. The first-order valence-electron chi connectivity index (χ1n) is 11.7. The van der Waals surface area contributed by atoms with E-state index in [1.807, 2.05) is 47.0 Å². The minimum atomic E-state index is -3.73. The summed E-state index contributed by atoms with van der Waals surface area (Å²) < 4.78 is 41.6. The second-order valence-electron chi connectivity index (χ2n) is 8.32. The summed E-state index contributed by atoms with van der Waals surface area (Å²) in [6.45, 7) is 6.84. The molecule has 1 aliphatic heterocycles. The Kier molecular flexibility index (Phi) is 6.96. The summed E-state index contributed by atoms with van der Waals surface area (Å²) in [5, 5.41) is 0. The normalized spacial score (nSPS) is 13.4. The van der Waals surface area contributed by atoms with Gasteiger partial charge in [0.15, 0.2) is 16.3 Å². The van der Waals surface area contributed by atoms with Gasteiger partial charge in [-0.05, 0) is 29.8 Å². The van der Waals surface area contributed by atoms with E-state index >= 15 is 0 Å². The van der Waals surface area contributed by atoms with Gasteiger partial charge in [0.1, 0.15) is 0 Å². The molecule has 1 aromatic heterocycles. The number of benzene rings is 3. The van der Waals surface area contributed by atoms with Crippen LogP contribution in [0.15, 0.2) is 89.3 Å². The number of aromatic nitrogens is 1. The van der Waals surface area contributed by atoms with Crippen molar-refractivity contribution in [1.82, 2.24) is 8.87 Å². The minimum Gasteiger partial charge on any atom is -0.454 e. The van der Waals surface area contributed by atoms with Crippen LogP contribution in [0.1, 0.15) is 22.8 Å². The smallest absolute Gasteiger partial charge is 0.279 e. The molecule has 0 saturated carbocycles. The lowest BCUT2D eigenvalue weighted by Gasteiger charge is -2.20. The van der Waals surface area contributed by atoms with Crippen LogP contribution in [0.3, 0.4) is 0 Å². The van der Waals surface area contributed by atoms with Gasteiger partial charge in [-0.15, -0.1) is 6.58 Å². The summed E-state index contributed by atoms with van der Waals surface area (Å²) in [5.41, 5.74) is 2.06. The van der Waals surface area contributed by atoms with Gasteiger partial charge >= 0.3 is 0 Å². The first-order chi connectivity index (χ1) is 17.9. The van der Waals surface area contributed by atoms with E-state index in [0.717, 1.165) is 15.8 Å². The zero-order valence-corrected chi connectivity index (χ0v) is 21.8. The number of nitrogens with zero attached hydrogens (tertiary/aromatic N) is 3. The zero-order valence-electron chi connectivity index (χ0n) is 20.2. The highest BCUT2D eigenvalue weighted by atomic mass is 32.2. The number of carbonyl (C=O) groups excluding carboxylic acids is 1. The Hall–Kier alpha value is -3.73. The Bertz CT molecular complexity index is 1640. The lowest BCUT2D eigenvalue weighted by molar-refractivity contribution is 0.0997. The van der Waals surface area contributed by atoms with E-state index in [1.54, 1.807) is 13.0 Å². The van der Waals surface area contributed by atoms with Crippen molar-refractivity contribution in [2.24, 2.45) is 4.99 Å². The molecule has 0 N–H and O–H groups in total. The highest BCUT2D eigenvalue weighted by Crippen LogP contribution is 2.37. The third-order valence-corrected chi connectivity index (χ3v) is 8.96. The van der Waals surface area contributed by atoms with Gasteiger partial charge in [0.05, 0.1) is 15.1 Å². The summed E-state index contributed by atoms with van der Waals surface area (Å²) in [7, 11) is -3.73. The van der Waals surface area contributed by atoms with Gasteiger partial charge in [0.2, 0.25) is 16.8 Å². The lowest BCUT2D eigenvalue weighted by Crippen LogP contribution is -2.30. The number of hydrogen-bond acceptors (Lipinski definition) is 6. The van der Waals surface area contributed by atoms with Crippen molar-refractivity contribution >= 4 is 37.5 Å². The number of rotatable bonds is 8. The molecule has 8 nitrogen and oxygen atoms in total. The molecule has 10 heteroatoms. The highest BCUT2D eigenvalue weighted by molar-refractivity contribution is 7.89. The van der Waals surface area contributed by atoms with E-state index in [9.17, 15) is 13.2 Å². The predicted molar refractivity (Wildman–Crippen MR) is 142 cm³/mol. The van der Waals surface area contributed by atoms with Crippen LogP contribution in [0.4, 0.5) is 0 Å². The van der Waals surface area contributed by atoms with Crippen LogP contribution in [0, 0.1) is 0 Å². The SMILES string of the molecule is C=CCn1c(=NC(=O)c2ccc(S(=O)(=O)N(CC)Cc3ccccc3)cc2)sc2cc3c(cc21)OCO3. The van der Waals surface area contributed by atoms with E-state index in [1.165, 1.54) is 39.9 Å². The van der Waals surface area contributed by atoms with E-state index in [2.05, 4.69) is 11.6 Å². The van der Waals surface area contributed by atoms with Crippen molar-refractivity contribution in [2.75, 3.05) is 13.3 Å². The molecule has 4 aromatic rings. The van der Waals surface area contributed by atoms with Gasteiger partial charge in [-0.3, -0.25) is 4.79 Å². The van der Waals surface area contributed by atoms with Crippen LogP contribution in [0.2, 0.25) is 0 Å². The summed E-state index contributed by atoms with van der Waals surface area (Å²) in [6, 6.07) is 19.1. The number of amides is 1. The zero-order chi connectivity index (χ0) is 26.0. The highest BCUT2D eigenvalue weighted by Gasteiger charge is 2.24. The molecule has 0 bridgehead atoms. The standard InChI is InChI=1S/C27H25N3O5S2/c1-3-14-30-22-15-23-24(35-18-34-23)16-25(22)36-27(30)28-26(31)20-10-12-21(13-11-20)37(32,33)29(4-2)17-19-8-6-5-7-9-19/h3,5-13,15-16H,1,4,14,17-18H2,2H3. The Morgan fingerprint density at radius 3 is 2.49 bits per heavy atom. The van der Waals surface area contributed by atoms with Gasteiger partial charge in [-0.25, -0.2) is 8.42 Å². The maximum Gasteiger partial charge on any atom is 0.279 e. The molecule has 3 aromatic carbocycles. The number of hydrogen-bond donors (Lipinski definition) is 0. The molecular weight excluding hydrogens is 510 g/mol. The first kappa shape index (κ1) is 24.9. The van der Waals surface area contributed by atoms with Crippen LogP contribution < -0.4 is 14.3 Å². The van der Waals surface area contributed by atoms with Crippen LogP contribution >= 0.6 is 11.3 Å². The number of carbonyl (C=O) groups is 1. The summed E-state index contributed by atoms with van der Waals surface area (Å²) in [4.78, 5) is 18.0. The number of ether oxygens (including phenoxy) is 2. The van der Waals surface area contributed by atoms with Gasteiger partial charge in [-0.1, -0.05) is 54.7 Å². The lowest BCUT2D eigenvalue weighted by atomic mass is 10.2. The molecule has 1 aliphatic rings. The van der Waals surface area contributed by atoms with Crippen molar-refractivity contribution in [1.29, 1.82) is 0 Å². The fourth-order valence-corrected chi connectivity index (χ4v) is 6.56. The van der Waals surface area contributed by atoms with Gasteiger partial charge in [0, 0.05) is 37.3 Å². The molecule has 0 radical (unpaired) electrons. The third-order valence-electron chi connectivity index (χ3n) is 5.98. The average Bonchev–Trinajstić information content (AvgIpc) is 3.50. The number of thiazole rings is 1. The van der Waals surface area contributed by atoms with Crippen LogP contribution in [0.25, 0.3) is 10.2 Å². The fourth-order valence-electron chi connectivity index (χ4n) is 4.07. The van der Waals surface area contributed by atoms with Gasteiger partial charge < -0.3 is 14.0 Å². The molecule has 0 aliphatic carbocycles. The summed E-state index contributed by atoms with van der Waals surface area (Å²) >= 11 is 1.36. The first-order valence-corrected chi connectivity index (χ1v) is 13.9. The summed E-state index contributed by atoms with van der Waals surface area (Å²) in [6.07, 6.45) is 1.73. The van der Waals surface area contributed by atoms with E-state index < -0.39 is 15.9 Å². The van der Waals surface area contributed by atoms with Crippen molar-refractivity contribution in [2.45, 2.75) is 24.9 Å². The topological polar surface area (TPSA) is 90.2 Å². The van der Waals surface area contributed by atoms with Crippen LogP contribution in [0.5, 0.6) is 11.5 Å². The molecular formula is C27H25N3O5S2. The van der Waals surface area contributed by atoms with E-state index in [0.29, 0.717) is 35.0 Å². The fraction of sp³-hybridized carbons (Fsp3) is 0.185. The van der Waals surface area contributed by atoms with E-state index in [-0.39, 0.29) is 18.2 Å². The van der Waals surface area contributed by atoms with Crippen molar-refractivity contribution in [3.8, 4) is 11.5 Å². The Balaban J connectivity index is 1.43. The quantitative estimate of drug-likeness (QED) is 0.308. The molecule has 0 spiro atoms. The average molecular weight is 536 g/mol. The largest absolute Gasteiger partial charge is 0.454 e. The molecule has 0 unspecified atom stereocenters. The van der Waals surface area contributed by atoms with Crippen molar-refractivity contribution in [3.63, 3.8) is 0 Å². The number of sulfonamides is 1. The molecule has 190 valence electrons. The van der Waals surface area contributed by atoms with Crippen LogP contribution in [-0.4, -0.2) is 36.5 Å². The number of allylic oxidation sites excluding steroid dienone is 1.